The number of carbonyl (C=O) groups excluding carboxylic acids is 1. The standard InChI is InChI=1S/C15H28O2.C10H20O.C5H10O2/c1-5-6-12-7-9-13(10-8-12)11-17-14(16)15(2,3)4;1-2-3-9-4-6-10(8-11)7-5-9;1-5(2,3)4(6)7/h12-13H,5-11H2,1-4H3;9-11H,2-8H2,1H3;1-3H3,(H,6,7). The third kappa shape index (κ3) is 16.3. The van der Waals surface area contributed by atoms with Gasteiger partial charge in [0.25, 0.3) is 0 Å². The van der Waals surface area contributed by atoms with E-state index in [1.165, 1.54) is 77.0 Å². The van der Waals surface area contributed by atoms with Gasteiger partial charge in [-0.3, -0.25) is 9.59 Å². The van der Waals surface area contributed by atoms with Gasteiger partial charge in [-0.15, -0.1) is 0 Å². The number of ether oxygens (including phenoxy) is 1. The van der Waals surface area contributed by atoms with Gasteiger partial charge in [-0.05, 0) is 90.9 Å². The molecular formula is C30H58O5. The summed E-state index contributed by atoms with van der Waals surface area (Å²) in [5, 5.41) is 17.2. The molecule has 0 bridgehead atoms. The lowest BCUT2D eigenvalue weighted by Crippen LogP contribution is -2.27. The van der Waals surface area contributed by atoms with Crippen LogP contribution in [-0.2, 0) is 14.3 Å². The highest BCUT2D eigenvalue weighted by atomic mass is 16.5. The van der Waals surface area contributed by atoms with Gasteiger partial charge >= 0.3 is 11.9 Å². The van der Waals surface area contributed by atoms with Crippen molar-refractivity contribution in [1.82, 2.24) is 0 Å². The average Bonchev–Trinajstić information content (AvgIpc) is 2.79. The highest BCUT2D eigenvalue weighted by molar-refractivity contribution is 5.75. The van der Waals surface area contributed by atoms with Crippen LogP contribution in [0.15, 0.2) is 0 Å². The number of aliphatic hydroxyl groups excluding tert-OH is 1. The number of carboxylic acids is 1. The van der Waals surface area contributed by atoms with Gasteiger partial charge in [-0.1, -0.05) is 65.2 Å². The number of carbonyl (C=O) groups is 2. The van der Waals surface area contributed by atoms with Gasteiger partial charge in [-0.2, -0.15) is 0 Å². The molecular weight excluding hydrogens is 440 g/mol. The molecule has 0 aromatic heterocycles. The lowest BCUT2D eigenvalue weighted by Gasteiger charge is -2.28. The lowest BCUT2D eigenvalue weighted by molar-refractivity contribution is -0.154. The van der Waals surface area contributed by atoms with E-state index in [0.717, 1.165) is 11.8 Å². The SMILES string of the molecule is CC(C)(C)C(=O)O.CCCC1CCC(CO)CC1.CCCC1CCC(COC(=O)C(C)(C)C)CC1. The number of hydrogen-bond acceptors (Lipinski definition) is 4. The molecule has 0 aliphatic heterocycles. The van der Waals surface area contributed by atoms with Crippen molar-refractivity contribution in [3.8, 4) is 0 Å². The van der Waals surface area contributed by atoms with Gasteiger partial charge in [0.1, 0.15) is 0 Å². The Balaban J connectivity index is 0.000000550. The first-order chi connectivity index (χ1) is 16.2. The van der Waals surface area contributed by atoms with Gasteiger partial charge in [0.2, 0.25) is 0 Å². The van der Waals surface area contributed by atoms with Crippen LogP contribution in [0.2, 0.25) is 0 Å². The summed E-state index contributed by atoms with van der Waals surface area (Å²) >= 11 is 0. The molecule has 0 atom stereocenters. The Kier molecular flexibility index (Phi) is 16.8. The zero-order chi connectivity index (χ0) is 27.1. The minimum absolute atomic E-state index is 0.0619. The minimum Gasteiger partial charge on any atom is -0.481 e. The van der Waals surface area contributed by atoms with Crippen LogP contribution in [0.4, 0.5) is 0 Å². The first kappa shape index (κ1) is 33.9. The van der Waals surface area contributed by atoms with Crippen LogP contribution in [-0.4, -0.2) is 35.4 Å². The van der Waals surface area contributed by atoms with Gasteiger partial charge in [-0.25, -0.2) is 0 Å². The molecule has 2 N–H and O–H groups in total. The van der Waals surface area contributed by atoms with Crippen LogP contribution in [0.5, 0.6) is 0 Å². The largest absolute Gasteiger partial charge is 0.481 e. The Labute approximate surface area is 216 Å². The zero-order valence-corrected chi connectivity index (χ0v) is 24.3. The summed E-state index contributed by atoms with van der Waals surface area (Å²) in [6.07, 6.45) is 15.8. The predicted octanol–water partition coefficient (Wildman–Crippen LogP) is 7.88. The number of esters is 1. The van der Waals surface area contributed by atoms with E-state index in [9.17, 15) is 9.59 Å². The van der Waals surface area contributed by atoms with Crippen molar-refractivity contribution >= 4 is 11.9 Å². The number of aliphatic carboxylic acids is 1. The number of carboxylic acid groups (broad SMARTS) is 1. The van der Waals surface area contributed by atoms with E-state index in [-0.39, 0.29) is 11.4 Å². The Morgan fingerprint density at radius 2 is 1.03 bits per heavy atom. The molecule has 0 aromatic rings. The van der Waals surface area contributed by atoms with Crippen molar-refractivity contribution in [2.75, 3.05) is 13.2 Å². The Morgan fingerprint density at radius 1 is 0.686 bits per heavy atom. The molecule has 0 radical (unpaired) electrons. The molecule has 0 saturated heterocycles. The average molecular weight is 499 g/mol. The van der Waals surface area contributed by atoms with Crippen molar-refractivity contribution in [1.29, 1.82) is 0 Å². The van der Waals surface area contributed by atoms with Crippen LogP contribution in [0.3, 0.4) is 0 Å². The first-order valence-corrected chi connectivity index (χ1v) is 14.3. The summed E-state index contributed by atoms with van der Waals surface area (Å²) in [6.45, 7) is 16.3. The summed E-state index contributed by atoms with van der Waals surface area (Å²) in [7, 11) is 0. The molecule has 5 nitrogen and oxygen atoms in total. The van der Waals surface area contributed by atoms with E-state index >= 15 is 0 Å². The van der Waals surface area contributed by atoms with Crippen molar-refractivity contribution in [2.45, 2.75) is 132 Å². The van der Waals surface area contributed by atoms with Crippen molar-refractivity contribution in [2.24, 2.45) is 34.5 Å². The fourth-order valence-electron chi connectivity index (χ4n) is 4.62. The highest BCUT2D eigenvalue weighted by Gasteiger charge is 2.26. The molecule has 0 spiro atoms. The summed E-state index contributed by atoms with van der Waals surface area (Å²) in [5.41, 5.74) is -0.945. The van der Waals surface area contributed by atoms with Crippen LogP contribution in [0.1, 0.15) is 132 Å². The number of aliphatic hydroxyl groups is 1. The second-order valence-corrected chi connectivity index (χ2v) is 12.9. The maximum Gasteiger partial charge on any atom is 0.311 e. The van der Waals surface area contributed by atoms with Gasteiger partial charge in [0.05, 0.1) is 17.4 Å². The Bertz CT molecular complexity index is 556. The molecule has 2 aliphatic carbocycles. The quantitative estimate of drug-likeness (QED) is 0.349. The van der Waals surface area contributed by atoms with E-state index in [1.807, 2.05) is 20.8 Å². The van der Waals surface area contributed by atoms with Crippen molar-refractivity contribution in [3.05, 3.63) is 0 Å². The second kappa shape index (κ2) is 17.4. The summed E-state index contributed by atoms with van der Waals surface area (Å²) in [4.78, 5) is 21.7. The molecule has 2 rings (SSSR count). The normalized spacial score (nSPS) is 24.8. The fraction of sp³-hybridized carbons (Fsp3) is 0.933. The molecule has 0 amide bonds. The van der Waals surface area contributed by atoms with Crippen LogP contribution in [0, 0.1) is 34.5 Å². The molecule has 2 saturated carbocycles. The highest BCUT2D eigenvalue weighted by Crippen LogP contribution is 2.32. The molecule has 0 aromatic carbocycles. The molecule has 2 fully saturated rings. The van der Waals surface area contributed by atoms with E-state index in [0.29, 0.717) is 25.0 Å². The summed E-state index contributed by atoms with van der Waals surface area (Å²) < 4.78 is 5.40. The fourth-order valence-corrected chi connectivity index (χ4v) is 4.62. The van der Waals surface area contributed by atoms with E-state index in [1.54, 1.807) is 20.8 Å². The maximum absolute atomic E-state index is 11.7. The monoisotopic (exact) mass is 498 g/mol. The van der Waals surface area contributed by atoms with Crippen molar-refractivity contribution < 1.29 is 24.5 Å². The molecule has 208 valence electrons. The number of hydrogen-bond donors (Lipinski definition) is 2. The zero-order valence-electron chi connectivity index (χ0n) is 24.3. The minimum atomic E-state index is -0.757. The van der Waals surface area contributed by atoms with Crippen molar-refractivity contribution in [3.63, 3.8) is 0 Å². The Hall–Kier alpha value is -1.10. The topological polar surface area (TPSA) is 83.8 Å². The molecule has 35 heavy (non-hydrogen) atoms. The lowest BCUT2D eigenvalue weighted by atomic mass is 9.80. The van der Waals surface area contributed by atoms with E-state index in [2.05, 4.69) is 13.8 Å². The maximum atomic E-state index is 11.7. The Morgan fingerprint density at radius 3 is 1.31 bits per heavy atom. The predicted molar refractivity (Wildman–Crippen MR) is 145 cm³/mol. The third-order valence-corrected chi connectivity index (χ3v) is 7.29. The van der Waals surface area contributed by atoms with Gasteiger partial charge < -0.3 is 14.9 Å². The van der Waals surface area contributed by atoms with Gasteiger partial charge in [0.15, 0.2) is 0 Å². The van der Waals surface area contributed by atoms with Crippen LogP contribution >= 0.6 is 0 Å². The van der Waals surface area contributed by atoms with E-state index < -0.39 is 11.4 Å². The molecule has 2 aliphatic rings. The van der Waals surface area contributed by atoms with E-state index in [4.69, 9.17) is 14.9 Å². The summed E-state index contributed by atoms with van der Waals surface area (Å²) in [5.74, 6) is 2.32. The second-order valence-electron chi connectivity index (χ2n) is 12.9. The van der Waals surface area contributed by atoms with Crippen LogP contribution < -0.4 is 0 Å². The smallest absolute Gasteiger partial charge is 0.311 e. The van der Waals surface area contributed by atoms with Gasteiger partial charge in [0, 0.05) is 6.61 Å². The molecule has 5 heteroatoms. The third-order valence-electron chi connectivity index (χ3n) is 7.29. The summed E-state index contributed by atoms with van der Waals surface area (Å²) in [6, 6.07) is 0. The van der Waals surface area contributed by atoms with Crippen LogP contribution in [0.25, 0.3) is 0 Å². The first-order valence-electron chi connectivity index (χ1n) is 14.3. The molecule has 0 heterocycles. The molecule has 0 unspecified atom stereocenters. The number of rotatable bonds is 7.